The van der Waals surface area contributed by atoms with Crippen molar-refractivity contribution in [1.82, 2.24) is 19.7 Å². The molecule has 0 saturated carbocycles. The Morgan fingerprint density at radius 2 is 1.77 bits per heavy atom. The van der Waals surface area contributed by atoms with Gasteiger partial charge in [0.2, 0.25) is 0 Å². The van der Waals surface area contributed by atoms with Crippen molar-refractivity contribution in [1.29, 1.82) is 0 Å². The summed E-state index contributed by atoms with van der Waals surface area (Å²) >= 11 is 0. The van der Waals surface area contributed by atoms with Gasteiger partial charge in [-0.25, -0.2) is 4.98 Å². The number of fused-ring (bicyclic) bond motifs is 1. The van der Waals surface area contributed by atoms with E-state index in [1.807, 2.05) is 55.3 Å². The molecule has 0 N–H and O–H groups in total. The van der Waals surface area contributed by atoms with Crippen molar-refractivity contribution < 1.29 is 4.79 Å². The summed E-state index contributed by atoms with van der Waals surface area (Å²) in [5.74, 6) is 0.0642. The van der Waals surface area contributed by atoms with Crippen molar-refractivity contribution in [3.8, 4) is 11.3 Å². The van der Waals surface area contributed by atoms with E-state index in [0.717, 1.165) is 53.9 Å². The van der Waals surface area contributed by atoms with Gasteiger partial charge in [0, 0.05) is 25.7 Å². The highest BCUT2D eigenvalue weighted by molar-refractivity contribution is 6.07. The fourth-order valence-corrected chi connectivity index (χ4v) is 3.40. The van der Waals surface area contributed by atoms with Gasteiger partial charge in [-0.3, -0.25) is 9.48 Å². The van der Waals surface area contributed by atoms with Crippen molar-refractivity contribution in [2.75, 3.05) is 13.1 Å². The Morgan fingerprint density at radius 3 is 2.38 bits per heavy atom. The summed E-state index contributed by atoms with van der Waals surface area (Å²) in [5, 5.41) is 5.36. The molecule has 0 aliphatic carbocycles. The lowest BCUT2D eigenvalue weighted by Gasteiger charge is -2.22. The monoisotopic (exact) mass is 350 g/mol. The summed E-state index contributed by atoms with van der Waals surface area (Å²) in [6.07, 6.45) is 1.88. The van der Waals surface area contributed by atoms with Gasteiger partial charge in [-0.1, -0.05) is 44.2 Å². The second-order valence-electron chi connectivity index (χ2n) is 6.62. The lowest BCUT2D eigenvalue weighted by Crippen LogP contribution is -2.32. The Kier molecular flexibility index (Phi) is 5.35. The third-order valence-corrected chi connectivity index (χ3v) is 4.54. The van der Waals surface area contributed by atoms with Gasteiger partial charge in [-0.15, -0.1) is 0 Å². The first-order chi connectivity index (χ1) is 12.6. The molecule has 136 valence electrons. The highest BCUT2D eigenvalue weighted by atomic mass is 16.2. The normalized spacial score (nSPS) is 11.1. The average molecular weight is 350 g/mol. The van der Waals surface area contributed by atoms with Gasteiger partial charge in [0.05, 0.1) is 22.3 Å². The van der Waals surface area contributed by atoms with Gasteiger partial charge in [0.1, 0.15) is 0 Å². The van der Waals surface area contributed by atoms with E-state index in [0.29, 0.717) is 5.56 Å². The Labute approximate surface area is 154 Å². The van der Waals surface area contributed by atoms with Crippen LogP contribution in [0.3, 0.4) is 0 Å². The number of carbonyl (C=O) groups is 1. The zero-order valence-corrected chi connectivity index (χ0v) is 16.0. The van der Waals surface area contributed by atoms with Crippen LogP contribution in [0.5, 0.6) is 0 Å². The maximum Gasteiger partial charge on any atom is 0.254 e. The molecule has 3 rings (SSSR count). The maximum absolute atomic E-state index is 13.3. The quantitative estimate of drug-likeness (QED) is 0.669. The molecule has 2 aromatic heterocycles. The highest BCUT2D eigenvalue weighted by Gasteiger charge is 2.22. The average Bonchev–Trinajstić information content (AvgIpc) is 2.95. The smallest absolute Gasteiger partial charge is 0.254 e. The lowest BCUT2D eigenvalue weighted by molar-refractivity contribution is 0.0757. The number of amides is 1. The van der Waals surface area contributed by atoms with Gasteiger partial charge >= 0.3 is 0 Å². The van der Waals surface area contributed by atoms with Crippen LogP contribution < -0.4 is 0 Å². The first-order valence-electron chi connectivity index (χ1n) is 9.25. The van der Waals surface area contributed by atoms with Gasteiger partial charge < -0.3 is 4.90 Å². The minimum atomic E-state index is 0.0642. The molecule has 0 aliphatic rings. The largest absolute Gasteiger partial charge is 0.339 e. The predicted octanol–water partition coefficient (Wildman–Crippen LogP) is 4.21. The van der Waals surface area contributed by atoms with E-state index in [-0.39, 0.29) is 5.91 Å². The van der Waals surface area contributed by atoms with Crippen LogP contribution in [-0.4, -0.2) is 38.7 Å². The minimum Gasteiger partial charge on any atom is -0.339 e. The summed E-state index contributed by atoms with van der Waals surface area (Å²) < 4.78 is 1.76. The number of pyridine rings is 1. The molecule has 3 aromatic rings. The van der Waals surface area contributed by atoms with Crippen LogP contribution in [0.25, 0.3) is 22.3 Å². The molecular weight excluding hydrogens is 324 g/mol. The number of nitrogens with zero attached hydrogens (tertiary/aromatic N) is 4. The van der Waals surface area contributed by atoms with Gasteiger partial charge in [-0.2, -0.15) is 5.10 Å². The van der Waals surface area contributed by atoms with E-state index in [1.54, 1.807) is 4.68 Å². The molecule has 0 unspecified atom stereocenters. The number of hydrogen-bond donors (Lipinski definition) is 0. The number of aryl methyl sites for hydroxylation is 2. The maximum atomic E-state index is 13.3. The molecule has 0 fully saturated rings. The van der Waals surface area contributed by atoms with Crippen LogP contribution in [-0.2, 0) is 7.05 Å². The second kappa shape index (κ2) is 7.68. The standard InChI is InChI=1S/C21H26N4O/c1-5-12-25(13-6-2)21(26)17-14-18(16-10-8-7-9-11-16)22-20-19(17)15(3)23-24(20)4/h7-11,14H,5-6,12-13H2,1-4H3. The van der Waals surface area contributed by atoms with E-state index in [1.165, 1.54) is 0 Å². The third-order valence-electron chi connectivity index (χ3n) is 4.54. The van der Waals surface area contributed by atoms with Gasteiger partial charge in [-0.05, 0) is 25.8 Å². The number of benzene rings is 1. The van der Waals surface area contributed by atoms with E-state index in [2.05, 4.69) is 18.9 Å². The molecule has 0 radical (unpaired) electrons. The van der Waals surface area contributed by atoms with Crippen molar-refractivity contribution >= 4 is 16.9 Å². The van der Waals surface area contributed by atoms with Crippen molar-refractivity contribution in [2.24, 2.45) is 7.05 Å². The van der Waals surface area contributed by atoms with Crippen molar-refractivity contribution in [2.45, 2.75) is 33.6 Å². The van der Waals surface area contributed by atoms with Gasteiger partial charge in [0.15, 0.2) is 5.65 Å². The summed E-state index contributed by atoms with van der Waals surface area (Å²) in [6, 6.07) is 11.9. The van der Waals surface area contributed by atoms with E-state index in [9.17, 15) is 4.79 Å². The number of aromatic nitrogens is 3. The Hall–Kier alpha value is -2.69. The molecule has 1 aromatic carbocycles. The SMILES string of the molecule is CCCN(CCC)C(=O)c1cc(-c2ccccc2)nc2c1c(C)nn2C. The molecule has 0 spiro atoms. The molecule has 26 heavy (non-hydrogen) atoms. The van der Waals surface area contributed by atoms with Crippen LogP contribution in [0.2, 0.25) is 0 Å². The molecule has 5 heteroatoms. The number of rotatable bonds is 6. The van der Waals surface area contributed by atoms with Crippen LogP contribution in [0.4, 0.5) is 0 Å². The topological polar surface area (TPSA) is 51.0 Å². The van der Waals surface area contributed by atoms with Crippen LogP contribution in [0.1, 0.15) is 42.7 Å². The fourth-order valence-electron chi connectivity index (χ4n) is 3.40. The van der Waals surface area contributed by atoms with Crippen LogP contribution in [0, 0.1) is 6.92 Å². The van der Waals surface area contributed by atoms with E-state index < -0.39 is 0 Å². The second-order valence-corrected chi connectivity index (χ2v) is 6.62. The molecule has 0 bridgehead atoms. The molecule has 2 heterocycles. The molecule has 0 atom stereocenters. The van der Waals surface area contributed by atoms with Crippen LogP contribution in [0.15, 0.2) is 36.4 Å². The predicted molar refractivity (Wildman–Crippen MR) is 105 cm³/mol. The minimum absolute atomic E-state index is 0.0642. The Balaban J connectivity index is 2.20. The Bertz CT molecular complexity index is 909. The van der Waals surface area contributed by atoms with Crippen molar-refractivity contribution in [3.63, 3.8) is 0 Å². The van der Waals surface area contributed by atoms with Gasteiger partial charge in [0.25, 0.3) is 5.91 Å². The summed E-state index contributed by atoms with van der Waals surface area (Å²) in [4.78, 5) is 20.1. The zero-order valence-electron chi connectivity index (χ0n) is 16.0. The third kappa shape index (κ3) is 3.34. The molecular formula is C21H26N4O. The van der Waals surface area contributed by atoms with Crippen molar-refractivity contribution in [3.05, 3.63) is 47.7 Å². The summed E-state index contributed by atoms with van der Waals surface area (Å²) in [5.41, 5.74) is 4.09. The zero-order chi connectivity index (χ0) is 18.7. The van der Waals surface area contributed by atoms with E-state index >= 15 is 0 Å². The molecule has 0 aliphatic heterocycles. The summed E-state index contributed by atoms with van der Waals surface area (Å²) in [6.45, 7) is 7.66. The molecule has 0 saturated heterocycles. The molecule has 5 nitrogen and oxygen atoms in total. The Morgan fingerprint density at radius 1 is 1.12 bits per heavy atom. The van der Waals surface area contributed by atoms with Crippen LogP contribution >= 0.6 is 0 Å². The summed E-state index contributed by atoms with van der Waals surface area (Å²) in [7, 11) is 1.88. The fraction of sp³-hybridized carbons (Fsp3) is 0.381. The van der Waals surface area contributed by atoms with E-state index in [4.69, 9.17) is 4.98 Å². The first kappa shape index (κ1) is 18.1. The highest BCUT2D eigenvalue weighted by Crippen LogP contribution is 2.27. The molecule has 1 amide bonds. The first-order valence-corrected chi connectivity index (χ1v) is 9.25. The lowest BCUT2D eigenvalue weighted by atomic mass is 10.0. The number of hydrogen-bond acceptors (Lipinski definition) is 3. The number of carbonyl (C=O) groups excluding carboxylic acids is 1.